The summed E-state index contributed by atoms with van der Waals surface area (Å²) < 4.78 is 26.9. The predicted molar refractivity (Wildman–Crippen MR) is 83.5 cm³/mol. The highest BCUT2D eigenvalue weighted by atomic mass is 35.5. The standard InChI is InChI=1S/C16H22ClF2N3O/c1-8(12-6-10-3-4-11(12)5-10)20-13(23)7-22-9(2)14(17)15(21-22)16(18)19/h8,10-12,16H,3-7H2,1-2H3,(H,20,23)/t8-,10-,11-,12-/m0/s1. The van der Waals surface area contributed by atoms with Crippen molar-refractivity contribution < 1.29 is 13.6 Å². The van der Waals surface area contributed by atoms with E-state index < -0.39 is 12.1 Å². The maximum absolute atomic E-state index is 12.8. The number of amides is 1. The Kier molecular flexibility index (Phi) is 4.63. The van der Waals surface area contributed by atoms with Gasteiger partial charge in [0.15, 0.2) is 0 Å². The molecule has 0 aliphatic heterocycles. The van der Waals surface area contributed by atoms with E-state index in [1.807, 2.05) is 6.92 Å². The lowest BCUT2D eigenvalue weighted by atomic mass is 9.84. The summed E-state index contributed by atoms with van der Waals surface area (Å²) in [6.45, 7) is 3.55. The molecule has 2 fully saturated rings. The van der Waals surface area contributed by atoms with E-state index in [1.54, 1.807) is 6.92 Å². The summed E-state index contributed by atoms with van der Waals surface area (Å²) in [6.07, 6.45) is 2.33. The van der Waals surface area contributed by atoms with Crippen molar-refractivity contribution in [2.75, 3.05) is 0 Å². The van der Waals surface area contributed by atoms with E-state index in [0.29, 0.717) is 11.6 Å². The molecule has 1 amide bonds. The number of carbonyl (C=O) groups is 1. The number of fused-ring (bicyclic) bond motifs is 2. The summed E-state index contributed by atoms with van der Waals surface area (Å²) >= 11 is 5.85. The van der Waals surface area contributed by atoms with Gasteiger partial charge in [-0.2, -0.15) is 5.10 Å². The topological polar surface area (TPSA) is 46.9 Å². The van der Waals surface area contributed by atoms with Crippen LogP contribution in [-0.4, -0.2) is 21.7 Å². The Labute approximate surface area is 139 Å². The molecule has 2 saturated carbocycles. The van der Waals surface area contributed by atoms with Gasteiger partial charge in [0.25, 0.3) is 6.43 Å². The van der Waals surface area contributed by atoms with Gasteiger partial charge in [-0.05, 0) is 50.9 Å². The summed E-state index contributed by atoms with van der Waals surface area (Å²) in [5, 5.41) is 6.71. The first-order valence-electron chi connectivity index (χ1n) is 8.17. The van der Waals surface area contributed by atoms with Gasteiger partial charge < -0.3 is 5.32 Å². The van der Waals surface area contributed by atoms with Gasteiger partial charge in [0.05, 0.1) is 10.7 Å². The van der Waals surface area contributed by atoms with Crippen molar-refractivity contribution in [2.24, 2.45) is 17.8 Å². The van der Waals surface area contributed by atoms with Gasteiger partial charge in [-0.3, -0.25) is 9.48 Å². The van der Waals surface area contributed by atoms with Crippen LogP contribution in [0, 0.1) is 24.7 Å². The fraction of sp³-hybridized carbons (Fsp3) is 0.750. The van der Waals surface area contributed by atoms with Crippen LogP contribution in [-0.2, 0) is 11.3 Å². The Balaban J connectivity index is 1.60. The molecule has 23 heavy (non-hydrogen) atoms. The lowest BCUT2D eigenvalue weighted by Crippen LogP contribution is -2.41. The number of halogens is 3. The van der Waals surface area contributed by atoms with Gasteiger partial charge in [-0.25, -0.2) is 8.78 Å². The molecule has 4 nitrogen and oxygen atoms in total. The summed E-state index contributed by atoms with van der Waals surface area (Å²) in [4.78, 5) is 12.2. The molecule has 128 valence electrons. The quantitative estimate of drug-likeness (QED) is 0.884. The van der Waals surface area contributed by atoms with E-state index in [9.17, 15) is 13.6 Å². The molecule has 1 aromatic rings. The third kappa shape index (κ3) is 3.23. The van der Waals surface area contributed by atoms with Crippen molar-refractivity contribution in [3.05, 3.63) is 16.4 Å². The van der Waals surface area contributed by atoms with Crippen LogP contribution < -0.4 is 5.32 Å². The number of alkyl halides is 2. The zero-order valence-electron chi connectivity index (χ0n) is 13.4. The van der Waals surface area contributed by atoms with Crippen LogP contribution in [0.1, 0.15) is 50.4 Å². The maximum atomic E-state index is 12.8. The van der Waals surface area contributed by atoms with E-state index >= 15 is 0 Å². The summed E-state index contributed by atoms with van der Waals surface area (Å²) in [6, 6.07) is 0.110. The number of nitrogens with zero attached hydrogens (tertiary/aromatic N) is 2. The average molecular weight is 346 g/mol. The lowest BCUT2D eigenvalue weighted by molar-refractivity contribution is -0.123. The zero-order chi connectivity index (χ0) is 16.7. The molecule has 0 radical (unpaired) electrons. The van der Waals surface area contributed by atoms with E-state index in [-0.39, 0.29) is 23.5 Å². The van der Waals surface area contributed by atoms with E-state index in [0.717, 1.165) is 11.8 Å². The number of hydrogen-bond donors (Lipinski definition) is 1. The number of nitrogens with one attached hydrogen (secondary N) is 1. The lowest BCUT2D eigenvalue weighted by Gasteiger charge is -2.28. The smallest absolute Gasteiger partial charge is 0.283 e. The Bertz CT molecular complexity index is 604. The highest BCUT2D eigenvalue weighted by molar-refractivity contribution is 6.31. The van der Waals surface area contributed by atoms with E-state index in [1.165, 1.54) is 30.4 Å². The van der Waals surface area contributed by atoms with Crippen molar-refractivity contribution in [1.29, 1.82) is 0 Å². The second-order valence-electron chi connectivity index (χ2n) is 6.94. The van der Waals surface area contributed by atoms with Crippen molar-refractivity contribution in [2.45, 2.75) is 58.5 Å². The molecular formula is C16H22ClF2N3O. The maximum Gasteiger partial charge on any atom is 0.283 e. The van der Waals surface area contributed by atoms with Crippen LogP contribution in [0.2, 0.25) is 5.02 Å². The third-order valence-electron chi connectivity index (χ3n) is 5.48. The normalized spacial score (nSPS) is 27.7. The largest absolute Gasteiger partial charge is 0.352 e. The first kappa shape index (κ1) is 16.7. The molecule has 1 aromatic heterocycles. The molecule has 3 rings (SSSR count). The summed E-state index contributed by atoms with van der Waals surface area (Å²) in [5.41, 5.74) is -0.0668. The summed E-state index contributed by atoms with van der Waals surface area (Å²) in [7, 11) is 0. The first-order valence-corrected chi connectivity index (χ1v) is 8.55. The van der Waals surface area contributed by atoms with Gasteiger partial charge in [-0.1, -0.05) is 18.0 Å². The monoisotopic (exact) mass is 345 g/mol. The van der Waals surface area contributed by atoms with E-state index in [2.05, 4.69) is 10.4 Å². The van der Waals surface area contributed by atoms with Crippen molar-refractivity contribution in [3.63, 3.8) is 0 Å². The van der Waals surface area contributed by atoms with Crippen LogP contribution in [0.15, 0.2) is 0 Å². The van der Waals surface area contributed by atoms with E-state index in [4.69, 9.17) is 11.6 Å². The summed E-state index contributed by atoms with van der Waals surface area (Å²) in [5.74, 6) is 1.88. The number of rotatable bonds is 5. The molecule has 2 bridgehead atoms. The Morgan fingerprint density at radius 3 is 2.70 bits per heavy atom. The number of carbonyl (C=O) groups excluding carboxylic acids is 1. The van der Waals surface area contributed by atoms with Crippen molar-refractivity contribution >= 4 is 17.5 Å². The van der Waals surface area contributed by atoms with Crippen LogP contribution in [0.25, 0.3) is 0 Å². The molecule has 0 spiro atoms. The Hall–Kier alpha value is -1.17. The molecule has 7 heteroatoms. The number of aromatic nitrogens is 2. The first-order chi connectivity index (χ1) is 10.9. The van der Waals surface area contributed by atoms with Crippen molar-refractivity contribution in [1.82, 2.24) is 15.1 Å². The third-order valence-corrected chi connectivity index (χ3v) is 5.95. The highest BCUT2D eigenvalue weighted by Crippen LogP contribution is 2.49. The van der Waals surface area contributed by atoms with Crippen molar-refractivity contribution in [3.8, 4) is 0 Å². The minimum atomic E-state index is -2.74. The second kappa shape index (κ2) is 6.38. The molecule has 1 heterocycles. The minimum Gasteiger partial charge on any atom is -0.352 e. The predicted octanol–water partition coefficient (Wildman–Crippen LogP) is 3.72. The SMILES string of the molecule is Cc1c(Cl)c(C(F)F)nn1CC(=O)N[C@@H](C)[C@@H]1C[C@H]2CC[C@H]1C2. The molecule has 1 N–H and O–H groups in total. The van der Waals surface area contributed by atoms with Crippen LogP contribution >= 0.6 is 11.6 Å². The Morgan fingerprint density at radius 2 is 2.17 bits per heavy atom. The fourth-order valence-electron chi connectivity index (χ4n) is 4.29. The number of hydrogen-bond acceptors (Lipinski definition) is 2. The second-order valence-corrected chi connectivity index (χ2v) is 7.32. The highest BCUT2D eigenvalue weighted by Gasteiger charge is 2.42. The van der Waals surface area contributed by atoms with Gasteiger partial charge in [0.1, 0.15) is 12.2 Å². The zero-order valence-corrected chi connectivity index (χ0v) is 14.1. The Morgan fingerprint density at radius 1 is 1.43 bits per heavy atom. The molecule has 0 aromatic carbocycles. The van der Waals surface area contributed by atoms with Crippen LogP contribution in [0.5, 0.6) is 0 Å². The van der Waals surface area contributed by atoms with Gasteiger partial charge in [0, 0.05) is 6.04 Å². The molecular weight excluding hydrogens is 324 g/mol. The molecule has 4 atom stereocenters. The van der Waals surface area contributed by atoms with Crippen LogP contribution in [0.4, 0.5) is 8.78 Å². The minimum absolute atomic E-state index is 0.0612. The van der Waals surface area contributed by atoms with Gasteiger partial charge in [0.2, 0.25) is 5.91 Å². The fourth-order valence-corrected chi connectivity index (χ4v) is 4.51. The molecule has 2 aliphatic rings. The van der Waals surface area contributed by atoms with Crippen LogP contribution in [0.3, 0.4) is 0 Å². The molecule has 2 aliphatic carbocycles. The van der Waals surface area contributed by atoms with Gasteiger partial charge >= 0.3 is 0 Å². The average Bonchev–Trinajstić information content (AvgIpc) is 3.17. The molecule has 0 unspecified atom stereocenters. The molecule has 0 saturated heterocycles. The van der Waals surface area contributed by atoms with Gasteiger partial charge in [-0.15, -0.1) is 0 Å².